The van der Waals surface area contributed by atoms with E-state index in [4.69, 9.17) is 0 Å². The van der Waals surface area contributed by atoms with Crippen molar-refractivity contribution in [3.8, 4) is 0 Å². The van der Waals surface area contributed by atoms with Gasteiger partial charge in [-0.05, 0) is 57.9 Å². The van der Waals surface area contributed by atoms with Gasteiger partial charge < -0.3 is 4.90 Å². The van der Waals surface area contributed by atoms with E-state index in [0.717, 1.165) is 37.9 Å². The van der Waals surface area contributed by atoms with Crippen LogP contribution in [0.2, 0.25) is 0 Å². The quantitative estimate of drug-likeness (QED) is 0.726. The molecule has 19 heavy (non-hydrogen) atoms. The number of hydrogen-bond donors (Lipinski definition) is 0. The molecule has 2 heterocycles. The second-order valence-electron chi connectivity index (χ2n) is 7.08. The Balaban J connectivity index is 1.61. The van der Waals surface area contributed by atoms with Gasteiger partial charge in [0, 0.05) is 31.1 Å². The summed E-state index contributed by atoms with van der Waals surface area (Å²) >= 11 is 0. The van der Waals surface area contributed by atoms with Gasteiger partial charge in [-0.15, -0.1) is 0 Å². The smallest absolute Gasteiger partial charge is 0.225 e. The third-order valence-electron chi connectivity index (χ3n) is 5.83. The Morgan fingerprint density at radius 2 is 1.63 bits per heavy atom. The monoisotopic (exact) mass is 264 g/mol. The summed E-state index contributed by atoms with van der Waals surface area (Å²) in [4.78, 5) is 17.4. The molecule has 0 unspecified atom stereocenters. The molecule has 0 aromatic heterocycles. The maximum atomic E-state index is 12.7. The molecule has 1 amide bonds. The molecule has 0 aromatic carbocycles. The van der Waals surface area contributed by atoms with Gasteiger partial charge in [0.05, 0.1) is 0 Å². The first-order valence-electron chi connectivity index (χ1n) is 8.16. The molecule has 2 atom stereocenters. The summed E-state index contributed by atoms with van der Waals surface area (Å²) in [5.41, 5.74) is 0. The number of fused-ring (bicyclic) bond motifs is 2. The minimum absolute atomic E-state index is 0.332. The summed E-state index contributed by atoms with van der Waals surface area (Å²) in [6.45, 7) is 4.30. The topological polar surface area (TPSA) is 23.6 Å². The van der Waals surface area contributed by atoms with Crippen LogP contribution in [0.3, 0.4) is 0 Å². The first-order chi connectivity index (χ1) is 9.15. The Labute approximate surface area is 117 Å². The number of carbonyl (C=O) groups excluding carboxylic acids is 1. The predicted molar refractivity (Wildman–Crippen MR) is 76.9 cm³/mol. The van der Waals surface area contributed by atoms with Crippen LogP contribution < -0.4 is 0 Å². The molecule has 2 bridgehead atoms. The highest BCUT2D eigenvalue weighted by Crippen LogP contribution is 2.32. The Kier molecular flexibility index (Phi) is 3.84. The zero-order valence-electron chi connectivity index (χ0n) is 12.5. The summed E-state index contributed by atoms with van der Waals surface area (Å²) in [5, 5.41) is 0. The normalized spacial score (nSPS) is 40.2. The van der Waals surface area contributed by atoms with E-state index in [1.165, 1.54) is 32.1 Å². The fourth-order valence-corrected chi connectivity index (χ4v) is 4.27. The average Bonchev–Trinajstić information content (AvgIpc) is 2.63. The van der Waals surface area contributed by atoms with E-state index >= 15 is 0 Å². The summed E-state index contributed by atoms with van der Waals surface area (Å²) in [6.07, 6.45) is 8.55. The van der Waals surface area contributed by atoms with Crippen molar-refractivity contribution in [1.82, 2.24) is 9.80 Å². The minimum atomic E-state index is 0.332. The molecule has 2 aliphatic heterocycles. The molecule has 3 nitrogen and oxygen atoms in total. The maximum absolute atomic E-state index is 12.7. The van der Waals surface area contributed by atoms with E-state index < -0.39 is 0 Å². The van der Waals surface area contributed by atoms with Crippen molar-refractivity contribution in [3.05, 3.63) is 0 Å². The first-order valence-corrected chi connectivity index (χ1v) is 8.16. The zero-order valence-corrected chi connectivity index (χ0v) is 12.5. The van der Waals surface area contributed by atoms with Crippen LogP contribution in [-0.4, -0.2) is 47.9 Å². The number of carbonyl (C=O) groups is 1. The molecule has 3 fully saturated rings. The van der Waals surface area contributed by atoms with Gasteiger partial charge in [0.2, 0.25) is 5.91 Å². The number of hydrogen-bond acceptors (Lipinski definition) is 2. The fourth-order valence-electron chi connectivity index (χ4n) is 4.27. The van der Waals surface area contributed by atoms with Crippen LogP contribution in [0.1, 0.15) is 51.9 Å². The molecule has 0 radical (unpaired) electrons. The van der Waals surface area contributed by atoms with Gasteiger partial charge >= 0.3 is 0 Å². The van der Waals surface area contributed by atoms with Crippen LogP contribution >= 0.6 is 0 Å². The molecule has 3 rings (SSSR count). The van der Waals surface area contributed by atoms with Gasteiger partial charge in [-0.3, -0.25) is 9.69 Å². The van der Waals surface area contributed by atoms with Gasteiger partial charge in [0.1, 0.15) is 0 Å². The molecule has 1 saturated carbocycles. The van der Waals surface area contributed by atoms with Crippen molar-refractivity contribution >= 4 is 5.91 Å². The lowest BCUT2D eigenvalue weighted by Gasteiger charge is -2.32. The molecule has 2 saturated heterocycles. The lowest BCUT2D eigenvalue weighted by molar-refractivity contribution is -0.137. The van der Waals surface area contributed by atoms with Crippen LogP contribution in [0.25, 0.3) is 0 Å². The van der Waals surface area contributed by atoms with Crippen LogP contribution in [0.15, 0.2) is 0 Å². The van der Waals surface area contributed by atoms with Gasteiger partial charge in [0.15, 0.2) is 0 Å². The standard InChI is InChI=1S/C16H28N2O/c1-12-3-5-13(6-4-12)16(19)18-10-9-14-7-8-15(11-18)17(14)2/h12-15H,3-11H2,1-2H3/t12?,13?,14-,15+/m1/s1. The number of nitrogens with zero attached hydrogens (tertiary/aromatic N) is 2. The SMILES string of the molecule is CC1CCC(C(=O)N2CC[C@H]3CC[C@@H](C2)N3C)CC1. The number of rotatable bonds is 1. The highest BCUT2D eigenvalue weighted by Gasteiger charge is 2.37. The summed E-state index contributed by atoms with van der Waals surface area (Å²) < 4.78 is 0. The van der Waals surface area contributed by atoms with Gasteiger partial charge in [0.25, 0.3) is 0 Å². The van der Waals surface area contributed by atoms with E-state index in [-0.39, 0.29) is 0 Å². The van der Waals surface area contributed by atoms with E-state index in [1.807, 2.05) is 0 Å². The molecule has 1 aliphatic carbocycles. The van der Waals surface area contributed by atoms with Crippen molar-refractivity contribution in [2.24, 2.45) is 11.8 Å². The summed E-state index contributed by atoms with van der Waals surface area (Å²) in [7, 11) is 2.25. The maximum Gasteiger partial charge on any atom is 0.225 e. The Hall–Kier alpha value is -0.570. The molecular formula is C16H28N2O. The van der Waals surface area contributed by atoms with Crippen molar-refractivity contribution in [2.75, 3.05) is 20.1 Å². The van der Waals surface area contributed by atoms with Gasteiger partial charge in [-0.2, -0.15) is 0 Å². The van der Waals surface area contributed by atoms with E-state index in [9.17, 15) is 4.79 Å². The molecule has 3 heteroatoms. The van der Waals surface area contributed by atoms with Gasteiger partial charge in [-0.25, -0.2) is 0 Å². The molecule has 0 spiro atoms. The predicted octanol–water partition coefficient (Wildman–Crippen LogP) is 2.51. The van der Waals surface area contributed by atoms with E-state index in [2.05, 4.69) is 23.8 Å². The number of likely N-dealkylation sites (N-methyl/N-ethyl adjacent to an activating group) is 1. The molecule has 0 N–H and O–H groups in total. The lowest BCUT2D eigenvalue weighted by atomic mass is 9.82. The van der Waals surface area contributed by atoms with Crippen LogP contribution in [-0.2, 0) is 4.79 Å². The second-order valence-corrected chi connectivity index (χ2v) is 7.08. The molecular weight excluding hydrogens is 236 g/mol. The van der Waals surface area contributed by atoms with E-state index in [0.29, 0.717) is 17.9 Å². The van der Waals surface area contributed by atoms with Crippen LogP contribution in [0, 0.1) is 11.8 Å². The first kappa shape index (κ1) is 13.4. The average molecular weight is 264 g/mol. The van der Waals surface area contributed by atoms with Crippen LogP contribution in [0.4, 0.5) is 0 Å². The Morgan fingerprint density at radius 3 is 2.37 bits per heavy atom. The molecule has 3 aliphatic rings. The third-order valence-corrected chi connectivity index (χ3v) is 5.83. The van der Waals surface area contributed by atoms with Gasteiger partial charge in [-0.1, -0.05) is 6.92 Å². The molecule has 0 aromatic rings. The second kappa shape index (κ2) is 5.43. The van der Waals surface area contributed by atoms with E-state index in [1.54, 1.807) is 0 Å². The molecule has 108 valence electrons. The highest BCUT2D eigenvalue weighted by atomic mass is 16.2. The summed E-state index contributed by atoms with van der Waals surface area (Å²) in [6, 6.07) is 1.35. The lowest BCUT2D eigenvalue weighted by Crippen LogP contribution is -2.43. The van der Waals surface area contributed by atoms with Crippen molar-refractivity contribution in [1.29, 1.82) is 0 Å². The van der Waals surface area contributed by atoms with Crippen molar-refractivity contribution in [2.45, 2.75) is 64.0 Å². The third kappa shape index (κ3) is 2.67. The largest absolute Gasteiger partial charge is 0.341 e. The Morgan fingerprint density at radius 1 is 0.947 bits per heavy atom. The fraction of sp³-hybridized carbons (Fsp3) is 0.938. The van der Waals surface area contributed by atoms with Crippen molar-refractivity contribution in [3.63, 3.8) is 0 Å². The van der Waals surface area contributed by atoms with Crippen LogP contribution in [0.5, 0.6) is 0 Å². The number of amides is 1. The minimum Gasteiger partial charge on any atom is -0.341 e. The zero-order chi connectivity index (χ0) is 13.4. The highest BCUT2D eigenvalue weighted by molar-refractivity contribution is 5.79. The number of likely N-dealkylation sites (tertiary alicyclic amines) is 1. The van der Waals surface area contributed by atoms with Crippen molar-refractivity contribution < 1.29 is 4.79 Å². The Bertz CT molecular complexity index is 336. The summed E-state index contributed by atoms with van der Waals surface area (Å²) in [5.74, 6) is 1.63.